The van der Waals surface area contributed by atoms with Crippen LogP contribution in [0.25, 0.3) is 16.9 Å². The minimum atomic E-state index is 0.741. The third-order valence-electron chi connectivity index (χ3n) is 3.72. The lowest BCUT2D eigenvalue weighted by Crippen LogP contribution is -2.05. The van der Waals surface area contributed by atoms with E-state index in [1.807, 2.05) is 42.6 Å². The smallest absolute Gasteiger partial charge is 0.161 e. The average Bonchev–Trinajstić information content (AvgIpc) is 3.05. The molecule has 0 unspecified atom stereocenters. The molecule has 0 amide bonds. The number of benzene rings is 1. The van der Waals surface area contributed by atoms with Crippen LogP contribution in [0.5, 0.6) is 0 Å². The third kappa shape index (κ3) is 2.96. The van der Waals surface area contributed by atoms with Crippen LogP contribution in [0.15, 0.2) is 72.1 Å². The van der Waals surface area contributed by atoms with E-state index in [0.717, 1.165) is 40.4 Å². The SMILES string of the molecule is C=C/C(=C\N=C)Nc1cc(-c2ccccc2)nc2c(CC)cnn12. The first-order valence-electron chi connectivity index (χ1n) is 7.75. The number of nitrogens with zero attached hydrogens (tertiary/aromatic N) is 4. The molecule has 3 aromatic rings. The van der Waals surface area contributed by atoms with Crippen molar-refractivity contribution in [3.63, 3.8) is 0 Å². The van der Waals surface area contributed by atoms with Crippen molar-refractivity contribution in [2.45, 2.75) is 13.3 Å². The van der Waals surface area contributed by atoms with Crippen LogP contribution in [0.1, 0.15) is 12.5 Å². The van der Waals surface area contributed by atoms with Gasteiger partial charge in [0.25, 0.3) is 0 Å². The Balaban J connectivity index is 2.19. The van der Waals surface area contributed by atoms with Crippen LogP contribution in [0.3, 0.4) is 0 Å². The molecule has 0 aliphatic carbocycles. The summed E-state index contributed by atoms with van der Waals surface area (Å²) in [5.74, 6) is 0.799. The maximum Gasteiger partial charge on any atom is 0.161 e. The quantitative estimate of drug-likeness (QED) is 0.550. The fraction of sp³-hybridized carbons (Fsp3) is 0.105. The number of hydrogen-bond donors (Lipinski definition) is 1. The first kappa shape index (κ1) is 15.7. The number of aryl methyl sites for hydroxylation is 1. The zero-order valence-corrected chi connectivity index (χ0v) is 13.6. The number of aromatic nitrogens is 3. The minimum absolute atomic E-state index is 0.741. The molecular formula is C19H19N5. The zero-order chi connectivity index (χ0) is 16.9. The van der Waals surface area contributed by atoms with Crippen molar-refractivity contribution in [3.8, 4) is 11.3 Å². The second kappa shape index (κ2) is 6.91. The van der Waals surface area contributed by atoms with Gasteiger partial charge < -0.3 is 5.32 Å². The Bertz CT molecular complexity index is 906. The molecule has 5 nitrogen and oxygen atoms in total. The van der Waals surface area contributed by atoms with Crippen LogP contribution < -0.4 is 5.32 Å². The summed E-state index contributed by atoms with van der Waals surface area (Å²) in [4.78, 5) is 8.59. The van der Waals surface area contributed by atoms with Gasteiger partial charge in [-0.15, -0.1) is 0 Å². The molecule has 0 saturated heterocycles. The Kier molecular flexibility index (Phi) is 4.52. The Hall–Kier alpha value is -3.21. The molecule has 1 aromatic carbocycles. The van der Waals surface area contributed by atoms with E-state index in [1.54, 1.807) is 16.8 Å². The number of aliphatic imine (C=N–C) groups is 1. The number of anilines is 1. The average molecular weight is 317 g/mol. The molecule has 0 atom stereocenters. The second-order valence-corrected chi connectivity index (χ2v) is 5.25. The second-order valence-electron chi connectivity index (χ2n) is 5.25. The van der Waals surface area contributed by atoms with E-state index in [2.05, 4.69) is 35.6 Å². The molecule has 0 fully saturated rings. The normalized spacial score (nSPS) is 11.5. The predicted octanol–water partition coefficient (Wildman–Crippen LogP) is 4.10. The Morgan fingerprint density at radius 2 is 2.12 bits per heavy atom. The van der Waals surface area contributed by atoms with E-state index in [0.29, 0.717) is 0 Å². The summed E-state index contributed by atoms with van der Waals surface area (Å²) in [6.07, 6.45) is 6.02. The summed E-state index contributed by atoms with van der Waals surface area (Å²) in [6, 6.07) is 12.0. The molecule has 2 aromatic heterocycles. The highest BCUT2D eigenvalue weighted by atomic mass is 15.3. The molecule has 5 heteroatoms. The van der Waals surface area contributed by atoms with Gasteiger partial charge in [-0.25, -0.2) is 4.98 Å². The lowest BCUT2D eigenvalue weighted by Gasteiger charge is -2.11. The van der Waals surface area contributed by atoms with E-state index in [9.17, 15) is 0 Å². The Morgan fingerprint density at radius 3 is 2.79 bits per heavy atom. The lowest BCUT2D eigenvalue weighted by atomic mass is 10.1. The number of allylic oxidation sites excluding steroid dienone is 1. The van der Waals surface area contributed by atoms with Crippen molar-refractivity contribution in [1.29, 1.82) is 0 Å². The standard InChI is InChI=1S/C19H19N5/c1-4-14-12-21-24-18(22-16(5-2)13-20-3)11-17(23-19(14)24)15-9-7-6-8-10-15/h5-13,22H,2-4H2,1H3/b16-13+. The van der Waals surface area contributed by atoms with Crippen molar-refractivity contribution in [1.82, 2.24) is 14.6 Å². The summed E-state index contributed by atoms with van der Waals surface area (Å²) < 4.78 is 1.80. The summed E-state index contributed by atoms with van der Waals surface area (Å²) in [7, 11) is 0. The van der Waals surface area contributed by atoms with Gasteiger partial charge in [-0.05, 0) is 19.2 Å². The fourth-order valence-electron chi connectivity index (χ4n) is 2.49. The molecule has 120 valence electrons. The fourth-order valence-corrected chi connectivity index (χ4v) is 2.49. The highest BCUT2D eigenvalue weighted by Crippen LogP contribution is 2.24. The third-order valence-corrected chi connectivity index (χ3v) is 3.72. The van der Waals surface area contributed by atoms with Gasteiger partial charge >= 0.3 is 0 Å². The van der Waals surface area contributed by atoms with Crippen molar-refractivity contribution in [2.75, 3.05) is 5.32 Å². The van der Waals surface area contributed by atoms with Crippen LogP contribution in [-0.2, 0) is 6.42 Å². The highest BCUT2D eigenvalue weighted by molar-refractivity contribution is 5.68. The molecule has 24 heavy (non-hydrogen) atoms. The van der Waals surface area contributed by atoms with Gasteiger partial charge in [0.2, 0.25) is 0 Å². The van der Waals surface area contributed by atoms with Crippen molar-refractivity contribution >= 4 is 18.2 Å². The van der Waals surface area contributed by atoms with Gasteiger partial charge in [0.1, 0.15) is 5.82 Å². The zero-order valence-electron chi connectivity index (χ0n) is 13.6. The Labute approximate surface area is 141 Å². The van der Waals surface area contributed by atoms with Gasteiger partial charge in [0, 0.05) is 23.4 Å². The molecule has 0 saturated carbocycles. The molecular weight excluding hydrogens is 298 g/mol. The largest absolute Gasteiger partial charge is 0.339 e. The summed E-state index contributed by atoms with van der Waals surface area (Å²) in [5, 5.41) is 7.75. The van der Waals surface area contributed by atoms with Gasteiger partial charge in [-0.3, -0.25) is 4.99 Å². The van der Waals surface area contributed by atoms with E-state index in [1.165, 1.54) is 0 Å². The molecule has 1 N–H and O–H groups in total. The Morgan fingerprint density at radius 1 is 1.33 bits per heavy atom. The monoisotopic (exact) mass is 317 g/mol. The van der Waals surface area contributed by atoms with Gasteiger partial charge in [-0.1, -0.05) is 43.8 Å². The van der Waals surface area contributed by atoms with Gasteiger partial charge in [-0.2, -0.15) is 9.61 Å². The number of fused-ring (bicyclic) bond motifs is 1. The van der Waals surface area contributed by atoms with E-state index >= 15 is 0 Å². The first-order valence-corrected chi connectivity index (χ1v) is 7.75. The van der Waals surface area contributed by atoms with E-state index in [-0.39, 0.29) is 0 Å². The molecule has 2 heterocycles. The molecule has 0 aliphatic rings. The van der Waals surface area contributed by atoms with Crippen LogP contribution in [0.2, 0.25) is 0 Å². The maximum absolute atomic E-state index is 4.80. The summed E-state index contributed by atoms with van der Waals surface area (Å²) >= 11 is 0. The summed E-state index contributed by atoms with van der Waals surface area (Å²) in [5.41, 5.74) is 4.62. The van der Waals surface area contributed by atoms with Crippen LogP contribution in [0.4, 0.5) is 5.82 Å². The molecule has 0 radical (unpaired) electrons. The van der Waals surface area contributed by atoms with Gasteiger partial charge in [0.15, 0.2) is 5.65 Å². The number of nitrogens with one attached hydrogen (secondary N) is 1. The van der Waals surface area contributed by atoms with Gasteiger partial charge in [0.05, 0.1) is 17.6 Å². The van der Waals surface area contributed by atoms with Crippen molar-refractivity contribution in [3.05, 3.63) is 72.7 Å². The molecule has 3 rings (SSSR count). The highest BCUT2D eigenvalue weighted by Gasteiger charge is 2.12. The van der Waals surface area contributed by atoms with E-state index < -0.39 is 0 Å². The first-order chi connectivity index (χ1) is 11.8. The maximum atomic E-state index is 4.80. The molecule has 0 spiro atoms. The summed E-state index contributed by atoms with van der Waals surface area (Å²) in [6.45, 7) is 9.37. The van der Waals surface area contributed by atoms with Crippen LogP contribution in [-0.4, -0.2) is 21.3 Å². The predicted molar refractivity (Wildman–Crippen MR) is 99.3 cm³/mol. The minimum Gasteiger partial charge on any atom is -0.339 e. The lowest BCUT2D eigenvalue weighted by molar-refractivity contribution is 0.945. The van der Waals surface area contributed by atoms with Crippen molar-refractivity contribution < 1.29 is 0 Å². The molecule has 0 bridgehead atoms. The number of rotatable bonds is 6. The number of hydrogen-bond acceptors (Lipinski definition) is 4. The van der Waals surface area contributed by atoms with E-state index in [4.69, 9.17) is 4.98 Å². The topological polar surface area (TPSA) is 54.6 Å². The van der Waals surface area contributed by atoms with Crippen LogP contribution in [0, 0.1) is 0 Å². The molecule has 0 aliphatic heterocycles. The van der Waals surface area contributed by atoms with Crippen LogP contribution >= 0.6 is 0 Å². The van der Waals surface area contributed by atoms with Crippen molar-refractivity contribution in [2.24, 2.45) is 4.99 Å².